The van der Waals surface area contributed by atoms with Crippen molar-refractivity contribution in [3.63, 3.8) is 0 Å². The molecule has 0 rings (SSSR count). The van der Waals surface area contributed by atoms with Crippen LogP contribution in [0, 0.1) is 0 Å². The average Bonchev–Trinajstić information content (AvgIpc) is 2.79. The molecule has 3 heteroatoms. The number of hydrogen-bond acceptors (Lipinski definition) is 2. The second kappa shape index (κ2) is 27.2. The lowest BCUT2D eigenvalue weighted by Crippen LogP contribution is -2.04. The molecule has 3 nitrogen and oxygen atoms in total. The van der Waals surface area contributed by atoms with Gasteiger partial charge in [0.1, 0.15) is 0 Å². The Hall–Kier alpha value is -1.09. The van der Waals surface area contributed by atoms with Gasteiger partial charge < -0.3 is 10.2 Å². The summed E-state index contributed by atoms with van der Waals surface area (Å²) in [5.74, 6) is -0.664. The van der Waals surface area contributed by atoms with Crippen LogP contribution in [0.5, 0.6) is 0 Å². The lowest BCUT2D eigenvalue weighted by atomic mass is 10.0. The first-order valence-corrected chi connectivity index (χ1v) is 14.4. The van der Waals surface area contributed by atoms with Gasteiger partial charge in [0, 0.05) is 6.42 Å². The Kier molecular flexibility index (Phi) is 26.3. The number of carbonyl (C=O) groups is 1. The summed E-state index contributed by atoms with van der Waals surface area (Å²) in [6.45, 7) is 2.25. The van der Waals surface area contributed by atoms with Gasteiger partial charge in [0.15, 0.2) is 0 Å². The Balaban J connectivity index is 3.25. The zero-order valence-electron chi connectivity index (χ0n) is 22.0. The summed E-state index contributed by atoms with van der Waals surface area (Å²) < 4.78 is 0. The Morgan fingerprint density at radius 2 is 1.12 bits per heavy atom. The zero-order valence-corrected chi connectivity index (χ0v) is 22.0. The molecule has 0 radical (unpaired) electrons. The van der Waals surface area contributed by atoms with Gasteiger partial charge in [0.25, 0.3) is 0 Å². The van der Waals surface area contributed by atoms with E-state index in [2.05, 4.69) is 31.2 Å². The highest BCUT2D eigenvalue weighted by molar-refractivity contribution is 5.66. The standard InChI is InChI=1S/C30H56O3/c1-2-3-4-5-6-7-14-17-20-23-26-29(31)27-24-21-18-15-12-10-8-9-11-13-16-19-22-25-28-30(32)33/h7,14,20,23,29,31H,2-6,8-13,15-19,21-22,24-28H2,1H3,(H,32,33). The minimum absolute atomic E-state index is 0.170. The minimum atomic E-state index is -0.664. The quantitative estimate of drug-likeness (QED) is 0.0989. The molecule has 0 aromatic rings. The van der Waals surface area contributed by atoms with Crippen molar-refractivity contribution >= 4 is 5.97 Å². The average molecular weight is 465 g/mol. The van der Waals surface area contributed by atoms with Gasteiger partial charge in [-0.1, -0.05) is 134 Å². The summed E-state index contributed by atoms with van der Waals surface area (Å²) in [5.41, 5.74) is 0. The summed E-state index contributed by atoms with van der Waals surface area (Å²) in [6, 6.07) is 0. The van der Waals surface area contributed by atoms with Crippen LogP contribution in [-0.2, 0) is 4.79 Å². The molecule has 1 atom stereocenters. The van der Waals surface area contributed by atoms with Crippen molar-refractivity contribution in [1.82, 2.24) is 0 Å². The number of carboxylic acids is 1. The number of unbranched alkanes of at least 4 members (excludes halogenated alkanes) is 17. The van der Waals surface area contributed by atoms with Crippen LogP contribution >= 0.6 is 0 Å². The van der Waals surface area contributed by atoms with Crippen molar-refractivity contribution in [3.8, 4) is 0 Å². The fourth-order valence-electron chi connectivity index (χ4n) is 4.23. The molecular formula is C30H56O3. The fraction of sp³-hybridized carbons (Fsp3) is 0.833. The third kappa shape index (κ3) is 28.9. The Bertz CT molecular complexity index is 455. The van der Waals surface area contributed by atoms with Crippen molar-refractivity contribution in [1.29, 1.82) is 0 Å². The molecule has 0 saturated carbocycles. The Morgan fingerprint density at radius 1 is 0.636 bits per heavy atom. The number of hydrogen-bond donors (Lipinski definition) is 2. The molecule has 0 aliphatic carbocycles. The molecule has 33 heavy (non-hydrogen) atoms. The van der Waals surface area contributed by atoms with Crippen LogP contribution in [0.3, 0.4) is 0 Å². The van der Waals surface area contributed by atoms with Crippen LogP contribution < -0.4 is 0 Å². The number of allylic oxidation sites excluding steroid dienone is 3. The smallest absolute Gasteiger partial charge is 0.303 e. The first-order valence-electron chi connectivity index (χ1n) is 14.4. The van der Waals surface area contributed by atoms with E-state index in [-0.39, 0.29) is 6.10 Å². The topological polar surface area (TPSA) is 57.5 Å². The lowest BCUT2D eigenvalue weighted by molar-refractivity contribution is -0.137. The molecule has 0 spiro atoms. The van der Waals surface area contributed by atoms with Crippen molar-refractivity contribution < 1.29 is 15.0 Å². The summed E-state index contributed by atoms with van der Waals surface area (Å²) in [6.07, 6.45) is 35.8. The molecule has 194 valence electrons. The van der Waals surface area contributed by atoms with E-state index in [0.29, 0.717) is 6.42 Å². The maximum absolute atomic E-state index is 10.4. The second-order valence-corrected chi connectivity index (χ2v) is 9.80. The van der Waals surface area contributed by atoms with Crippen molar-refractivity contribution in [2.45, 2.75) is 161 Å². The molecule has 2 N–H and O–H groups in total. The van der Waals surface area contributed by atoms with E-state index >= 15 is 0 Å². The first kappa shape index (κ1) is 31.9. The number of aliphatic hydroxyl groups is 1. The Labute approximate surface area is 206 Å². The monoisotopic (exact) mass is 464 g/mol. The van der Waals surface area contributed by atoms with Crippen molar-refractivity contribution in [2.24, 2.45) is 0 Å². The number of rotatable bonds is 26. The molecule has 0 saturated heterocycles. The zero-order chi connectivity index (χ0) is 24.2. The largest absolute Gasteiger partial charge is 0.481 e. The molecule has 0 amide bonds. The summed E-state index contributed by atoms with van der Waals surface area (Å²) >= 11 is 0. The molecule has 0 aromatic heterocycles. The van der Waals surface area contributed by atoms with E-state index in [1.807, 2.05) is 0 Å². The molecule has 0 bridgehead atoms. The van der Waals surface area contributed by atoms with Crippen LogP contribution in [0.15, 0.2) is 24.3 Å². The molecule has 0 aliphatic heterocycles. The predicted octanol–water partition coefficient (Wildman–Crippen LogP) is 9.54. The molecule has 0 heterocycles. The number of aliphatic carboxylic acids is 1. The highest BCUT2D eigenvalue weighted by Gasteiger charge is 2.01. The van der Waals surface area contributed by atoms with Crippen LogP contribution in [0.2, 0.25) is 0 Å². The first-order chi connectivity index (χ1) is 16.2. The summed E-state index contributed by atoms with van der Waals surface area (Å²) in [7, 11) is 0. The van der Waals surface area contributed by atoms with Gasteiger partial charge in [-0.25, -0.2) is 0 Å². The second-order valence-electron chi connectivity index (χ2n) is 9.80. The van der Waals surface area contributed by atoms with Crippen LogP contribution in [0.25, 0.3) is 0 Å². The number of carboxylic acid groups (broad SMARTS) is 1. The van der Waals surface area contributed by atoms with E-state index in [4.69, 9.17) is 5.11 Å². The van der Waals surface area contributed by atoms with Gasteiger partial charge in [0.05, 0.1) is 6.10 Å². The van der Waals surface area contributed by atoms with Gasteiger partial charge in [-0.2, -0.15) is 0 Å². The maximum Gasteiger partial charge on any atom is 0.303 e. The normalized spacial score (nSPS) is 12.8. The van der Waals surface area contributed by atoms with Crippen molar-refractivity contribution in [2.75, 3.05) is 0 Å². The van der Waals surface area contributed by atoms with Gasteiger partial charge in [-0.05, 0) is 38.5 Å². The molecular weight excluding hydrogens is 408 g/mol. The maximum atomic E-state index is 10.4. The number of aliphatic hydroxyl groups excluding tert-OH is 1. The van der Waals surface area contributed by atoms with E-state index in [0.717, 1.165) is 38.5 Å². The SMILES string of the molecule is CCCCCCC=CCC=CCC(O)CCCCCCCCCCCCCCCCC(=O)O. The van der Waals surface area contributed by atoms with E-state index in [1.54, 1.807) is 0 Å². The summed E-state index contributed by atoms with van der Waals surface area (Å²) in [4.78, 5) is 10.4. The third-order valence-electron chi connectivity index (χ3n) is 6.42. The highest BCUT2D eigenvalue weighted by Crippen LogP contribution is 2.14. The van der Waals surface area contributed by atoms with Gasteiger partial charge in [-0.15, -0.1) is 0 Å². The Morgan fingerprint density at radius 3 is 1.67 bits per heavy atom. The fourth-order valence-corrected chi connectivity index (χ4v) is 4.23. The van der Waals surface area contributed by atoms with Crippen molar-refractivity contribution in [3.05, 3.63) is 24.3 Å². The van der Waals surface area contributed by atoms with E-state index in [9.17, 15) is 9.90 Å². The summed E-state index contributed by atoms with van der Waals surface area (Å²) in [5, 5.41) is 18.7. The minimum Gasteiger partial charge on any atom is -0.481 e. The molecule has 0 aromatic carbocycles. The highest BCUT2D eigenvalue weighted by atomic mass is 16.4. The van der Waals surface area contributed by atoms with Crippen LogP contribution in [0.1, 0.15) is 155 Å². The molecule has 1 unspecified atom stereocenters. The third-order valence-corrected chi connectivity index (χ3v) is 6.42. The lowest BCUT2D eigenvalue weighted by Gasteiger charge is -2.07. The molecule has 0 fully saturated rings. The van der Waals surface area contributed by atoms with Gasteiger partial charge in [-0.3, -0.25) is 4.79 Å². The van der Waals surface area contributed by atoms with Gasteiger partial charge in [0.2, 0.25) is 0 Å². The molecule has 0 aliphatic rings. The van der Waals surface area contributed by atoms with Crippen LogP contribution in [-0.4, -0.2) is 22.3 Å². The van der Waals surface area contributed by atoms with E-state index < -0.39 is 5.97 Å². The van der Waals surface area contributed by atoms with Gasteiger partial charge >= 0.3 is 5.97 Å². The predicted molar refractivity (Wildman–Crippen MR) is 144 cm³/mol. The van der Waals surface area contributed by atoms with E-state index in [1.165, 1.54) is 103 Å². The van der Waals surface area contributed by atoms with Crippen LogP contribution in [0.4, 0.5) is 0 Å².